The molecule has 7 nitrogen and oxygen atoms in total. The first-order chi connectivity index (χ1) is 15.6. The summed E-state index contributed by atoms with van der Waals surface area (Å²) in [4.78, 5) is 25.5. The monoisotopic (exact) mass is 466 g/mol. The molecule has 0 unspecified atom stereocenters. The van der Waals surface area contributed by atoms with Gasteiger partial charge in [-0.25, -0.2) is 9.97 Å². The third-order valence-electron chi connectivity index (χ3n) is 5.77. The lowest BCUT2D eigenvalue weighted by Gasteiger charge is -2.32. The zero-order valence-electron chi connectivity index (χ0n) is 17.7. The van der Waals surface area contributed by atoms with Crippen LogP contribution in [0.25, 0.3) is 10.2 Å². The van der Waals surface area contributed by atoms with E-state index < -0.39 is 0 Å². The van der Waals surface area contributed by atoms with Gasteiger partial charge >= 0.3 is 0 Å². The largest absolute Gasteiger partial charge is 0.348 e. The highest BCUT2D eigenvalue weighted by Crippen LogP contribution is 2.30. The standard InChI is InChI=1S/C23H23ClN6OS/c1-15-18-13-20(32-22(18)30(28-15)14-16-5-2-3-6-19(16)24)21(31)27-17-7-11-29(12-8-17)23-25-9-4-10-26-23/h2-6,9-10,13,17H,7-8,11-12,14H2,1H3,(H,27,31). The van der Waals surface area contributed by atoms with Gasteiger partial charge < -0.3 is 10.2 Å². The van der Waals surface area contributed by atoms with Crippen LogP contribution in [0.15, 0.2) is 48.8 Å². The van der Waals surface area contributed by atoms with Crippen molar-refractivity contribution in [3.05, 3.63) is 69.9 Å². The van der Waals surface area contributed by atoms with E-state index >= 15 is 0 Å². The Balaban J connectivity index is 1.27. The summed E-state index contributed by atoms with van der Waals surface area (Å²) in [5.41, 5.74) is 1.92. The summed E-state index contributed by atoms with van der Waals surface area (Å²) in [6, 6.07) is 11.7. The Morgan fingerprint density at radius 3 is 2.69 bits per heavy atom. The zero-order chi connectivity index (χ0) is 22.1. The van der Waals surface area contributed by atoms with Gasteiger partial charge in [0.05, 0.1) is 17.1 Å². The molecule has 0 aliphatic carbocycles. The van der Waals surface area contributed by atoms with Crippen molar-refractivity contribution in [2.75, 3.05) is 18.0 Å². The van der Waals surface area contributed by atoms with E-state index in [0.29, 0.717) is 11.4 Å². The molecular formula is C23H23ClN6OS. The van der Waals surface area contributed by atoms with Crippen LogP contribution in [-0.4, -0.2) is 44.8 Å². The molecule has 164 valence electrons. The third kappa shape index (κ3) is 4.20. The molecule has 1 saturated heterocycles. The van der Waals surface area contributed by atoms with Crippen LogP contribution in [0, 0.1) is 6.92 Å². The minimum atomic E-state index is -0.0238. The van der Waals surface area contributed by atoms with E-state index in [1.807, 2.05) is 48.0 Å². The number of hydrogen-bond donors (Lipinski definition) is 1. The number of anilines is 1. The number of piperidine rings is 1. The number of aryl methyl sites for hydroxylation is 1. The van der Waals surface area contributed by atoms with Gasteiger partial charge in [-0.3, -0.25) is 9.48 Å². The Hall–Kier alpha value is -2.97. The van der Waals surface area contributed by atoms with Crippen LogP contribution < -0.4 is 10.2 Å². The summed E-state index contributed by atoms with van der Waals surface area (Å²) in [5, 5.41) is 9.60. The third-order valence-corrected chi connectivity index (χ3v) is 7.29. The van der Waals surface area contributed by atoms with E-state index in [1.165, 1.54) is 11.3 Å². The number of hydrogen-bond acceptors (Lipinski definition) is 6. The van der Waals surface area contributed by atoms with Gasteiger partial charge in [0.1, 0.15) is 4.83 Å². The van der Waals surface area contributed by atoms with Crippen molar-refractivity contribution in [1.29, 1.82) is 0 Å². The maximum atomic E-state index is 13.0. The van der Waals surface area contributed by atoms with E-state index in [9.17, 15) is 4.79 Å². The van der Waals surface area contributed by atoms with Crippen molar-refractivity contribution >= 4 is 45.0 Å². The fourth-order valence-electron chi connectivity index (χ4n) is 4.05. The van der Waals surface area contributed by atoms with Crippen LogP contribution in [0.2, 0.25) is 5.02 Å². The van der Waals surface area contributed by atoms with Crippen LogP contribution in [0.3, 0.4) is 0 Å². The molecule has 1 fully saturated rings. The van der Waals surface area contributed by atoms with Crippen LogP contribution in [0.1, 0.15) is 33.8 Å². The molecule has 1 aliphatic rings. The zero-order valence-corrected chi connectivity index (χ0v) is 19.2. The van der Waals surface area contributed by atoms with E-state index in [0.717, 1.165) is 58.4 Å². The lowest BCUT2D eigenvalue weighted by atomic mass is 10.1. The van der Waals surface area contributed by atoms with Crippen molar-refractivity contribution < 1.29 is 4.79 Å². The molecule has 9 heteroatoms. The Morgan fingerprint density at radius 1 is 1.19 bits per heavy atom. The molecule has 4 heterocycles. The van der Waals surface area contributed by atoms with Crippen molar-refractivity contribution in [2.24, 2.45) is 0 Å². The number of amides is 1. The Labute approximate surface area is 195 Å². The maximum Gasteiger partial charge on any atom is 0.261 e. The lowest BCUT2D eigenvalue weighted by molar-refractivity contribution is 0.0935. The highest BCUT2D eigenvalue weighted by Gasteiger charge is 2.24. The number of nitrogens with zero attached hydrogens (tertiary/aromatic N) is 5. The number of fused-ring (bicyclic) bond motifs is 1. The number of nitrogens with one attached hydrogen (secondary N) is 1. The summed E-state index contributed by atoms with van der Waals surface area (Å²) < 4.78 is 1.94. The van der Waals surface area contributed by atoms with E-state index in [1.54, 1.807) is 12.4 Å². The van der Waals surface area contributed by atoms with Crippen molar-refractivity contribution in [3.63, 3.8) is 0 Å². The van der Waals surface area contributed by atoms with Crippen LogP contribution in [0.4, 0.5) is 5.95 Å². The molecular weight excluding hydrogens is 444 g/mol. The second-order valence-electron chi connectivity index (χ2n) is 7.95. The van der Waals surface area contributed by atoms with Crippen LogP contribution in [-0.2, 0) is 6.54 Å². The highest BCUT2D eigenvalue weighted by atomic mass is 35.5. The minimum absolute atomic E-state index is 0.0238. The first-order valence-electron chi connectivity index (χ1n) is 10.6. The van der Waals surface area contributed by atoms with Crippen LogP contribution >= 0.6 is 22.9 Å². The minimum Gasteiger partial charge on any atom is -0.348 e. The Bertz CT molecular complexity index is 1250. The fourth-order valence-corrected chi connectivity index (χ4v) is 5.31. The number of aromatic nitrogens is 4. The molecule has 1 aliphatic heterocycles. The normalized spacial score (nSPS) is 14.8. The number of halogens is 1. The molecule has 1 N–H and O–H groups in total. The molecule has 1 amide bonds. The smallest absolute Gasteiger partial charge is 0.261 e. The number of carbonyl (C=O) groups is 1. The van der Waals surface area contributed by atoms with Gasteiger partial charge in [0, 0.05) is 41.9 Å². The number of carbonyl (C=O) groups excluding carboxylic acids is 1. The fraction of sp³-hybridized carbons (Fsp3) is 0.304. The molecule has 0 atom stereocenters. The molecule has 0 radical (unpaired) electrons. The Morgan fingerprint density at radius 2 is 1.94 bits per heavy atom. The van der Waals surface area contributed by atoms with Gasteiger partial charge in [0.25, 0.3) is 5.91 Å². The van der Waals surface area contributed by atoms with Crippen molar-refractivity contribution in [3.8, 4) is 0 Å². The highest BCUT2D eigenvalue weighted by molar-refractivity contribution is 7.20. The Kier molecular flexibility index (Phi) is 5.80. The van der Waals surface area contributed by atoms with Gasteiger partial charge in [0.15, 0.2) is 0 Å². The van der Waals surface area contributed by atoms with Crippen LogP contribution in [0.5, 0.6) is 0 Å². The SMILES string of the molecule is Cc1nn(Cc2ccccc2Cl)c2sc(C(=O)NC3CCN(c4ncccn4)CC3)cc12. The van der Waals surface area contributed by atoms with Gasteiger partial charge in [0.2, 0.25) is 5.95 Å². The van der Waals surface area contributed by atoms with Gasteiger partial charge in [-0.2, -0.15) is 5.10 Å². The molecule has 5 rings (SSSR count). The summed E-state index contributed by atoms with van der Waals surface area (Å²) in [6.07, 6.45) is 5.25. The predicted molar refractivity (Wildman–Crippen MR) is 128 cm³/mol. The summed E-state index contributed by atoms with van der Waals surface area (Å²) in [5.74, 6) is 0.727. The molecule has 4 aromatic rings. The first-order valence-corrected chi connectivity index (χ1v) is 11.8. The van der Waals surface area contributed by atoms with Gasteiger partial charge in [-0.15, -0.1) is 11.3 Å². The molecule has 0 spiro atoms. The second-order valence-corrected chi connectivity index (χ2v) is 9.39. The molecule has 3 aromatic heterocycles. The average Bonchev–Trinajstić information content (AvgIpc) is 3.38. The van der Waals surface area contributed by atoms with Crippen molar-refractivity contribution in [1.82, 2.24) is 25.1 Å². The quantitative estimate of drug-likeness (QED) is 0.474. The lowest BCUT2D eigenvalue weighted by Crippen LogP contribution is -2.45. The number of benzene rings is 1. The first kappa shape index (κ1) is 20.9. The topological polar surface area (TPSA) is 75.9 Å². The van der Waals surface area contributed by atoms with Gasteiger partial charge in [-0.05, 0) is 43.5 Å². The predicted octanol–water partition coefficient (Wildman–Crippen LogP) is 4.30. The average molecular weight is 467 g/mol. The number of rotatable bonds is 5. The summed E-state index contributed by atoms with van der Waals surface area (Å²) >= 11 is 7.81. The number of thiophene rings is 1. The summed E-state index contributed by atoms with van der Waals surface area (Å²) in [6.45, 7) is 4.20. The maximum absolute atomic E-state index is 13.0. The van der Waals surface area contributed by atoms with Crippen molar-refractivity contribution in [2.45, 2.75) is 32.4 Å². The second kappa shape index (κ2) is 8.88. The summed E-state index contributed by atoms with van der Waals surface area (Å²) in [7, 11) is 0. The molecule has 1 aromatic carbocycles. The van der Waals surface area contributed by atoms with Gasteiger partial charge in [-0.1, -0.05) is 29.8 Å². The molecule has 0 saturated carbocycles. The molecule has 0 bridgehead atoms. The molecule has 32 heavy (non-hydrogen) atoms. The van der Waals surface area contributed by atoms with E-state index in [2.05, 4.69) is 25.3 Å². The van der Waals surface area contributed by atoms with E-state index in [-0.39, 0.29) is 11.9 Å². The van der Waals surface area contributed by atoms with E-state index in [4.69, 9.17) is 11.6 Å².